The largest absolute Gasteiger partial charge is 0.313 e. The van der Waals surface area contributed by atoms with Gasteiger partial charge in [0, 0.05) is 24.8 Å². The molecule has 0 bridgehead atoms. The zero-order valence-electron chi connectivity index (χ0n) is 10.9. The molecule has 1 rings (SSSR count). The van der Waals surface area contributed by atoms with E-state index >= 15 is 0 Å². The third kappa shape index (κ3) is 4.35. The molecule has 0 saturated heterocycles. The second-order valence-corrected chi connectivity index (χ2v) is 4.34. The van der Waals surface area contributed by atoms with Gasteiger partial charge in [0.15, 0.2) is 0 Å². The van der Waals surface area contributed by atoms with Crippen LogP contribution in [0, 0.1) is 6.92 Å². The van der Waals surface area contributed by atoms with Gasteiger partial charge in [0.05, 0.1) is 5.69 Å². The van der Waals surface area contributed by atoms with Crippen LogP contribution < -0.4 is 5.32 Å². The van der Waals surface area contributed by atoms with Gasteiger partial charge in [-0.1, -0.05) is 33.1 Å². The van der Waals surface area contributed by atoms with Crippen molar-refractivity contribution in [2.24, 2.45) is 0 Å². The van der Waals surface area contributed by atoms with Crippen LogP contribution in [-0.2, 0) is 13.1 Å². The molecule has 0 saturated carbocycles. The topological polar surface area (TPSA) is 29.9 Å². The maximum Gasteiger partial charge on any atom is 0.0638 e. The van der Waals surface area contributed by atoms with Crippen LogP contribution in [0.4, 0.5) is 0 Å². The summed E-state index contributed by atoms with van der Waals surface area (Å²) in [4.78, 5) is 0. The molecule has 0 unspecified atom stereocenters. The van der Waals surface area contributed by atoms with Crippen LogP contribution in [0.2, 0.25) is 0 Å². The van der Waals surface area contributed by atoms with Crippen molar-refractivity contribution >= 4 is 0 Å². The Balaban J connectivity index is 2.36. The lowest BCUT2D eigenvalue weighted by Gasteiger charge is -2.00. The fourth-order valence-electron chi connectivity index (χ4n) is 1.81. The monoisotopic (exact) mass is 223 g/mol. The maximum absolute atomic E-state index is 4.54. The molecule has 0 aliphatic rings. The molecule has 1 N–H and O–H groups in total. The Morgan fingerprint density at radius 1 is 1.25 bits per heavy atom. The molecule has 0 fully saturated rings. The van der Waals surface area contributed by atoms with Gasteiger partial charge in [-0.15, -0.1) is 0 Å². The van der Waals surface area contributed by atoms with E-state index in [0.29, 0.717) is 0 Å². The van der Waals surface area contributed by atoms with Gasteiger partial charge in [0.1, 0.15) is 0 Å². The van der Waals surface area contributed by atoms with Crippen molar-refractivity contribution < 1.29 is 0 Å². The lowest BCUT2D eigenvalue weighted by atomic mass is 10.2. The van der Waals surface area contributed by atoms with Crippen molar-refractivity contribution in [2.75, 3.05) is 6.54 Å². The zero-order valence-corrected chi connectivity index (χ0v) is 10.9. The number of rotatable bonds is 8. The molecule has 16 heavy (non-hydrogen) atoms. The van der Waals surface area contributed by atoms with Crippen LogP contribution in [0.25, 0.3) is 0 Å². The molecule has 1 aromatic rings. The lowest BCUT2D eigenvalue weighted by Crippen LogP contribution is -2.11. The molecule has 0 amide bonds. The highest BCUT2D eigenvalue weighted by Crippen LogP contribution is 2.07. The van der Waals surface area contributed by atoms with Gasteiger partial charge >= 0.3 is 0 Å². The molecule has 3 nitrogen and oxygen atoms in total. The predicted octanol–water partition coefficient (Wildman–Crippen LogP) is 2.88. The fourth-order valence-corrected chi connectivity index (χ4v) is 1.81. The summed E-state index contributed by atoms with van der Waals surface area (Å²) in [5, 5.41) is 7.88. The van der Waals surface area contributed by atoms with Gasteiger partial charge in [-0.25, -0.2) is 0 Å². The van der Waals surface area contributed by atoms with Crippen LogP contribution in [0.3, 0.4) is 0 Å². The molecule has 0 radical (unpaired) electrons. The highest BCUT2D eigenvalue weighted by atomic mass is 15.3. The standard InChI is InChI=1S/C13H25N3/c1-4-6-7-8-9-16-11-13(10-14-5-2)12(3)15-16/h11,14H,4-10H2,1-3H3. The Bertz CT molecular complexity index is 291. The summed E-state index contributed by atoms with van der Waals surface area (Å²) in [6.45, 7) is 9.48. The average molecular weight is 223 g/mol. The van der Waals surface area contributed by atoms with E-state index in [-0.39, 0.29) is 0 Å². The van der Waals surface area contributed by atoms with Crippen molar-refractivity contribution in [3.05, 3.63) is 17.5 Å². The van der Waals surface area contributed by atoms with Crippen LogP contribution in [0.5, 0.6) is 0 Å². The number of nitrogens with one attached hydrogen (secondary N) is 1. The summed E-state index contributed by atoms with van der Waals surface area (Å²) in [7, 11) is 0. The van der Waals surface area contributed by atoms with E-state index in [1.165, 1.54) is 31.2 Å². The molecule has 92 valence electrons. The number of aryl methyl sites for hydroxylation is 2. The number of aromatic nitrogens is 2. The van der Waals surface area contributed by atoms with Crippen molar-refractivity contribution in [1.82, 2.24) is 15.1 Å². The van der Waals surface area contributed by atoms with E-state index in [0.717, 1.165) is 25.3 Å². The molecular formula is C13H25N3. The number of hydrogen-bond acceptors (Lipinski definition) is 2. The van der Waals surface area contributed by atoms with E-state index in [9.17, 15) is 0 Å². The lowest BCUT2D eigenvalue weighted by molar-refractivity contribution is 0.538. The first-order chi connectivity index (χ1) is 7.77. The summed E-state index contributed by atoms with van der Waals surface area (Å²) in [5.41, 5.74) is 2.49. The smallest absolute Gasteiger partial charge is 0.0638 e. The van der Waals surface area contributed by atoms with Gasteiger partial charge in [0.25, 0.3) is 0 Å². The van der Waals surface area contributed by atoms with Gasteiger partial charge in [-0.3, -0.25) is 4.68 Å². The summed E-state index contributed by atoms with van der Waals surface area (Å²) in [6.07, 6.45) is 7.38. The molecule has 0 spiro atoms. The van der Waals surface area contributed by atoms with Crippen molar-refractivity contribution in [1.29, 1.82) is 0 Å². The number of nitrogens with zero attached hydrogens (tertiary/aromatic N) is 2. The Morgan fingerprint density at radius 2 is 2.06 bits per heavy atom. The minimum atomic E-state index is 0.942. The van der Waals surface area contributed by atoms with Crippen LogP contribution >= 0.6 is 0 Å². The summed E-state index contributed by atoms with van der Waals surface area (Å²) in [5.74, 6) is 0. The summed E-state index contributed by atoms with van der Waals surface area (Å²) in [6, 6.07) is 0. The minimum absolute atomic E-state index is 0.942. The Hall–Kier alpha value is -0.830. The van der Waals surface area contributed by atoms with Crippen molar-refractivity contribution in [3.8, 4) is 0 Å². The van der Waals surface area contributed by atoms with Gasteiger partial charge in [0.2, 0.25) is 0 Å². The Morgan fingerprint density at radius 3 is 2.75 bits per heavy atom. The van der Waals surface area contributed by atoms with E-state index in [1.54, 1.807) is 0 Å². The molecule has 0 aromatic carbocycles. The molecular weight excluding hydrogens is 198 g/mol. The molecule has 3 heteroatoms. The van der Waals surface area contributed by atoms with Gasteiger partial charge < -0.3 is 5.32 Å². The molecule has 0 aliphatic carbocycles. The van der Waals surface area contributed by atoms with E-state index < -0.39 is 0 Å². The Kier molecular flexibility index (Phi) is 6.16. The molecule has 1 aromatic heterocycles. The first-order valence-corrected chi connectivity index (χ1v) is 6.51. The molecule has 0 aliphatic heterocycles. The molecule has 1 heterocycles. The second-order valence-electron chi connectivity index (χ2n) is 4.34. The second kappa shape index (κ2) is 7.44. The number of hydrogen-bond donors (Lipinski definition) is 1. The van der Waals surface area contributed by atoms with E-state index in [1.807, 2.05) is 0 Å². The quantitative estimate of drug-likeness (QED) is 0.687. The van der Waals surface area contributed by atoms with Gasteiger partial charge in [-0.2, -0.15) is 5.10 Å². The maximum atomic E-state index is 4.54. The highest BCUT2D eigenvalue weighted by Gasteiger charge is 2.03. The fraction of sp³-hybridized carbons (Fsp3) is 0.769. The number of unbranched alkanes of at least 4 members (excludes halogenated alkanes) is 3. The summed E-state index contributed by atoms with van der Waals surface area (Å²) < 4.78 is 2.09. The zero-order chi connectivity index (χ0) is 11.8. The third-order valence-electron chi connectivity index (χ3n) is 2.85. The highest BCUT2D eigenvalue weighted by molar-refractivity contribution is 5.14. The molecule has 0 atom stereocenters. The normalized spacial score (nSPS) is 10.9. The van der Waals surface area contributed by atoms with E-state index in [4.69, 9.17) is 0 Å². The Labute approximate surface area is 99.2 Å². The van der Waals surface area contributed by atoms with Gasteiger partial charge in [-0.05, 0) is 19.9 Å². The first kappa shape index (κ1) is 13.2. The summed E-state index contributed by atoms with van der Waals surface area (Å²) >= 11 is 0. The SMILES string of the molecule is CCCCCCn1cc(CNCC)c(C)n1. The van der Waals surface area contributed by atoms with Crippen LogP contribution in [0.15, 0.2) is 6.20 Å². The van der Waals surface area contributed by atoms with Crippen molar-refractivity contribution in [2.45, 2.75) is 59.5 Å². The predicted molar refractivity (Wildman–Crippen MR) is 68.5 cm³/mol. The first-order valence-electron chi connectivity index (χ1n) is 6.51. The third-order valence-corrected chi connectivity index (χ3v) is 2.85. The van der Waals surface area contributed by atoms with Crippen molar-refractivity contribution in [3.63, 3.8) is 0 Å². The van der Waals surface area contributed by atoms with E-state index in [2.05, 4.69) is 42.1 Å². The minimum Gasteiger partial charge on any atom is -0.313 e. The average Bonchev–Trinajstić information content (AvgIpc) is 2.63. The van der Waals surface area contributed by atoms with Crippen LogP contribution in [0.1, 0.15) is 50.8 Å². The van der Waals surface area contributed by atoms with Crippen LogP contribution in [-0.4, -0.2) is 16.3 Å².